The van der Waals surface area contributed by atoms with Crippen molar-refractivity contribution in [3.05, 3.63) is 23.2 Å². The Hall–Kier alpha value is -1.22. The minimum atomic E-state index is 0.596. The molecule has 1 aromatic carbocycles. The van der Waals surface area contributed by atoms with Gasteiger partial charge in [-0.3, -0.25) is 5.41 Å². The molecule has 86 valence electrons. The topological polar surface area (TPSA) is 36.3 Å². The highest BCUT2D eigenvalue weighted by atomic mass is 35.5. The van der Waals surface area contributed by atoms with Gasteiger partial charge in [-0.1, -0.05) is 11.6 Å². The lowest BCUT2D eigenvalue weighted by molar-refractivity contribution is 0.415. The van der Waals surface area contributed by atoms with Crippen LogP contribution in [0.25, 0.3) is 0 Å². The highest BCUT2D eigenvalue weighted by molar-refractivity contribution is 6.32. The van der Waals surface area contributed by atoms with Crippen LogP contribution in [-0.2, 0) is 0 Å². The lowest BCUT2D eigenvalue weighted by Crippen LogP contribution is -2.34. The van der Waals surface area contributed by atoms with Gasteiger partial charge in [0.25, 0.3) is 0 Å². The van der Waals surface area contributed by atoms with E-state index in [1.165, 1.54) is 0 Å². The van der Waals surface area contributed by atoms with Crippen LogP contribution in [0.3, 0.4) is 0 Å². The van der Waals surface area contributed by atoms with E-state index >= 15 is 0 Å². The second-order valence-corrected chi connectivity index (χ2v) is 4.28. The lowest BCUT2D eigenvalue weighted by atomic mass is 10.1. The van der Waals surface area contributed by atoms with Crippen molar-refractivity contribution in [2.75, 3.05) is 18.6 Å². The fraction of sp³-hybridized carbons (Fsp3) is 0.417. The zero-order valence-corrected chi connectivity index (χ0v) is 10.0. The van der Waals surface area contributed by atoms with E-state index in [2.05, 4.69) is 0 Å². The zero-order valence-electron chi connectivity index (χ0n) is 9.29. The Morgan fingerprint density at radius 2 is 2.19 bits per heavy atom. The van der Waals surface area contributed by atoms with Gasteiger partial charge in [-0.2, -0.15) is 0 Å². The van der Waals surface area contributed by atoms with Gasteiger partial charge >= 0.3 is 0 Å². The summed E-state index contributed by atoms with van der Waals surface area (Å²) in [6.07, 6.45) is 3.09. The van der Waals surface area contributed by atoms with Crippen LogP contribution in [0.15, 0.2) is 18.2 Å². The van der Waals surface area contributed by atoms with E-state index in [4.69, 9.17) is 21.7 Å². The number of ether oxygens (including phenoxy) is 1. The summed E-state index contributed by atoms with van der Waals surface area (Å²) in [5, 5.41) is 8.50. The number of halogens is 1. The molecule has 2 rings (SSSR count). The third kappa shape index (κ3) is 2.14. The fourth-order valence-electron chi connectivity index (χ4n) is 1.94. The summed E-state index contributed by atoms with van der Waals surface area (Å²) < 4.78 is 5.11. The summed E-state index contributed by atoms with van der Waals surface area (Å²) in [6.45, 7) is 0.904. The Morgan fingerprint density at radius 3 is 2.81 bits per heavy atom. The number of hydrogen-bond donors (Lipinski definition) is 1. The first kappa shape index (κ1) is 11.3. The van der Waals surface area contributed by atoms with Gasteiger partial charge in [-0.15, -0.1) is 0 Å². The normalized spacial score (nSPS) is 16.4. The molecule has 1 fully saturated rings. The van der Waals surface area contributed by atoms with Gasteiger partial charge in [0.1, 0.15) is 11.6 Å². The van der Waals surface area contributed by atoms with Crippen LogP contribution in [0.1, 0.15) is 19.3 Å². The zero-order chi connectivity index (χ0) is 11.5. The molecule has 0 aromatic heterocycles. The maximum atomic E-state index is 7.90. The molecule has 1 heterocycles. The molecule has 0 atom stereocenters. The quantitative estimate of drug-likeness (QED) is 0.858. The van der Waals surface area contributed by atoms with Crippen molar-refractivity contribution in [2.45, 2.75) is 19.3 Å². The molecule has 0 aliphatic carbocycles. The van der Waals surface area contributed by atoms with Crippen LogP contribution in [0, 0.1) is 5.41 Å². The Bertz CT molecular complexity index is 406. The number of nitrogens with one attached hydrogen (secondary N) is 1. The minimum Gasteiger partial charge on any atom is -0.495 e. The number of piperidine rings is 1. The largest absolute Gasteiger partial charge is 0.495 e. The third-order valence-electron chi connectivity index (χ3n) is 2.82. The molecule has 0 spiro atoms. The predicted octanol–water partition coefficient (Wildman–Crippen LogP) is 3.32. The number of hydrogen-bond acceptors (Lipinski definition) is 2. The number of amidine groups is 1. The molecule has 16 heavy (non-hydrogen) atoms. The lowest BCUT2D eigenvalue weighted by Gasteiger charge is -2.29. The van der Waals surface area contributed by atoms with Crippen molar-refractivity contribution in [3.8, 4) is 5.75 Å². The van der Waals surface area contributed by atoms with Crippen LogP contribution in [0.4, 0.5) is 5.69 Å². The van der Waals surface area contributed by atoms with Crippen LogP contribution in [0.2, 0.25) is 5.02 Å². The molecule has 0 saturated carbocycles. The number of anilines is 1. The monoisotopic (exact) mass is 238 g/mol. The summed E-state index contributed by atoms with van der Waals surface area (Å²) in [5.74, 6) is 1.35. The maximum Gasteiger partial charge on any atom is 0.137 e. The first-order valence-corrected chi connectivity index (χ1v) is 5.78. The van der Waals surface area contributed by atoms with Crippen molar-refractivity contribution in [2.24, 2.45) is 0 Å². The van der Waals surface area contributed by atoms with Gasteiger partial charge in [0.05, 0.1) is 12.1 Å². The van der Waals surface area contributed by atoms with Gasteiger partial charge in [-0.25, -0.2) is 0 Å². The molecule has 1 N–H and O–H groups in total. The van der Waals surface area contributed by atoms with Crippen LogP contribution < -0.4 is 9.64 Å². The fourth-order valence-corrected chi connectivity index (χ4v) is 2.19. The molecule has 1 aliphatic heterocycles. The van der Waals surface area contributed by atoms with Gasteiger partial charge < -0.3 is 9.64 Å². The summed E-state index contributed by atoms with van der Waals surface area (Å²) in [5.41, 5.74) is 0.982. The molecule has 1 aromatic rings. The molecule has 1 aliphatic rings. The molecule has 0 bridgehead atoms. The van der Waals surface area contributed by atoms with Crippen molar-refractivity contribution >= 4 is 23.1 Å². The summed E-state index contributed by atoms with van der Waals surface area (Å²) in [6, 6.07) is 5.66. The second-order valence-electron chi connectivity index (χ2n) is 3.87. The van der Waals surface area contributed by atoms with Crippen LogP contribution in [0.5, 0.6) is 5.75 Å². The van der Waals surface area contributed by atoms with E-state index in [1.807, 2.05) is 23.1 Å². The van der Waals surface area contributed by atoms with Crippen LogP contribution >= 0.6 is 11.6 Å². The smallest absolute Gasteiger partial charge is 0.137 e. The highest BCUT2D eigenvalue weighted by Crippen LogP contribution is 2.30. The van der Waals surface area contributed by atoms with Crippen molar-refractivity contribution in [3.63, 3.8) is 0 Å². The van der Waals surface area contributed by atoms with Crippen molar-refractivity contribution < 1.29 is 4.74 Å². The minimum absolute atomic E-state index is 0.596. The Kier molecular flexibility index (Phi) is 3.34. The average Bonchev–Trinajstić information content (AvgIpc) is 2.29. The predicted molar refractivity (Wildman–Crippen MR) is 66.9 cm³/mol. The standard InChI is InChI=1S/C12H15ClN2O/c1-16-11-6-5-9(8-10(11)13)15-7-3-2-4-12(15)14/h5-6,8,14H,2-4,7H2,1H3. The average molecular weight is 239 g/mol. The molecule has 1 saturated heterocycles. The second kappa shape index (κ2) is 4.74. The SMILES string of the molecule is COc1ccc(N2CCCCC2=N)cc1Cl. The molecule has 0 amide bonds. The Balaban J connectivity index is 2.26. The van der Waals surface area contributed by atoms with E-state index in [-0.39, 0.29) is 0 Å². The number of nitrogens with zero attached hydrogens (tertiary/aromatic N) is 1. The van der Waals surface area contributed by atoms with Gasteiger partial charge in [0, 0.05) is 18.7 Å². The summed E-state index contributed by atoms with van der Waals surface area (Å²) >= 11 is 6.07. The summed E-state index contributed by atoms with van der Waals surface area (Å²) in [4.78, 5) is 2.01. The molecule has 0 unspecified atom stereocenters. The number of rotatable bonds is 2. The molecule has 0 radical (unpaired) electrons. The summed E-state index contributed by atoms with van der Waals surface area (Å²) in [7, 11) is 1.60. The molecular formula is C12H15ClN2O. The molecular weight excluding hydrogens is 224 g/mol. The van der Waals surface area contributed by atoms with Gasteiger partial charge in [0.15, 0.2) is 0 Å². The van der Waals surface area contributed by atoms with E-state index in [0.29, 0.717) is 16.6 Å². The van der Waals surface area contributed by atoms with E-state index in [1.54, 1.807) is 7.11 Å². The van der Waals surface area contributed by atoms with E-state index < -0.39 is 0 Å². The Labute approximate surface area is 100 Å². The number of methoxy groups -OCH3 is 1. The van der Waals surface area contributed by atoms with Gasteiger partial charge in [0.2, 0.25) is 0 Å². The van der Waals surface area contributed by atoms with Crippen molar-refractivity contribution in [1.29, 1.82) is 5.41 Å². The molecule has 4 heteroatoms. The molecule has 3 nitrogen and oxygen atoms in total. The maximum absolute atomic E-state index is 7.90. The highest BCUT2D eigenvalue weighted by Gasteiger charge is 2.17. The van der Waals surface area contributed by atoms with Gasteiger partial charge in [-0.05, 0) is 31.0 Å². The Morgan fingerprint density at radius 1 is 1.38 bits per heavy atom. The third-order valence-corrected chi connectivity index (χ3v) is 3.11. The van der Waals surface area contributed by atoms with Crippen LogP contribution in [-0.4, -0.2) is 19.5 Å². The first-order chi connectivity index (χ1) is 7.72. The number of benzene rings is 1. The van der Waals surface area contributed by atoms with Crippen molar-refractivity contribution in [1.82, 2.24) is 0 Å². The van der Waals surface area contributed by atoms with E-state index in [9.17, 15) is 0 Å². The van der Waals surface area contributed by atoms with E-state index in [0.717, 1.165) is 31.5 Å². The first-order valence-electron chi connectivity index (χ1n) is 5.41.